The summed E-state index contributed by atoms with van der Waals surface area (Å²) in [6, 6.07) is 0. The number of nitrogens with zero attached hydrogens (tertiary/aromatic N) is 1. The maximum absolute atomic E-state index is 10.4. The second kappa shape index (κ2) is 2.79. The molecule has 0 amide bonds. The second-order valence-electron chi connectivity index (χ2n) is 2.64. The first-order chi connectivity index (χ1) is 5.75. The lowest BCUT2D eigenvalue weighted by atomic mass is 10.3. The molecule has 1 N–H and O–H groups in total. The molecule has 3 rings (SSSR count). The first-order valence-electron chi connectivity index (χ1n) is 3.66. The van der Waals surface area contributed by atoms with Gasteiger partial charge in [0.1, 0.15) is 6.42 Å². The molecule has 0 atom stereocenters. The Kier molecular flexibility index (Phi) is 1.77. The Morgan fingerprint density at radius 2 is 2.58 bits per heavy atom. The zero-order chi connectivity index (χ0) is 8.55. The van der Waals surface area contributed by atoms with Gasteiger partial charge in [0.25, 0.3) is 0 Å². The minimum atomic E-state index is -0.765. The van der Waals surface area contributed by atoms with Crippen molar-refractivity contribution >= 4 is 22.8 Å². The average molecular weight is 182 g/mol. The van der Waals surface area contributed by atoms with Crippen molar-refractivity contribution in [1.82, 2.24) is 0 Å². The molecule has 4 heteroatoms. The van der Waals surface area contributed by atoms with E-state index in [1.807, 2.05) is 16.9 Å². The van der Waals surface area contributed by atoms with Gasteiger partial charge in [0.05, 0.1) is 0 Å². The summed E-state index contributed by atoms with van der Waals surface area (Å²) >= 11 is 1.55. The van der Waals surface area contributed by atoms with Gasteiger partial charge >= 0.3 is 5.97 Å². The number of hydrogen-bond donors (Lipinski definition) is 1. The summed E-state index contributed by atoms with van der Waals surface area (Å²) in [4.78, 5) is 11.6. The molecule has 0 aliphatic carbocycles. The highest BCUT2D eigenvalue weighted by Gasteiger charge is 2.25. The Hall–Kier alpha value is -1.03. The van der Waals surface area contributed by atoms with Crippen LogP contribution in [0.1, 0.15) is 6.42 Å². The Morgan fingerprint density at radius 3 is 3.00 bits per heavy atom. The van der Waals surface area contributed by atoms with Crippen LogP contribution in [0.3, 0.4) is 0 Å². The highest BCUT2D eigenvalue weighted by atomic mass is 32.2. The van der Waals surface area contributed by atoms with Crippen LogP contribution in [0.4, 0.5) is 0 Å². The van der Waals surface area contributed by atoms with E-state index in [0.717, 1.165) is 16.5 Å². The molecule has 12 heavy (non-hydrogen) atoms. The molecule has 0 aromatic rings. The molecule has 0 spiro atoms. The van der Waals surface area contributed by atoms with Crippen LogP contribution in [0.2, 0.25) is 0 Å². The van der Waals surface area contributed by atoms with E-state index in [1.165, 1.54) is 0 Å². The van der Waals surface area contributed by atoms with Gasteiger partial charge in [0.2, 0.25) is 5.04 Å². The van der Waals surface area contributed by atoms with E-state index in [9.17, 15) is 4.79 Å². The molecule has 0 aromatic heterocycles. The fraction of sp³-hybridized carbons (Fsp3) is 0.250. The number of allylic oxidation sites excluding steroid dienone is 1. The van der Waals surface area contributed by atoms with Crippen LogP contribution in [-0.2, 0) is 4.79 Å². The summed E-state index contributed by atoms with van der Waals surface area (Å²) in [5.74, 6) is -0.765. The molecule has 0 saturated carbocycles. The van der Waals surface area contributed by atoms with Gasteiger partial charge in [-0.15, -0.1) is 0 Å². The number of carbonyl (C=O) groups is 1. The normalized spacial score (nSPS) is 19.8. The molecule has 3 aliphatic heterocycles. The predicted octanol–water partition coefficient (Wildman–Crippen LogP) is 1.03. The minimum absolute atomic E-state index is 0.131. The molecule has 3 aliphatic rings. The average Bonchev–Trinajstić information content (AvgIpc) is 2.05. The SMILES string of the molecule is O=C(O)CC1=[N+]2C=CC(=CC2)S1. The molecular weight excluding hydrogens is 174 g/mol. The van der Waals surface area contributed by atoms with E-state index in [1.54, 1.807) is 11.8 Å². The zero-order valence-electron chi connectivity index (χ0n) is 6.36. The fourth-order valence-electron chi connectivity index (χ4n) is 1.20. The summed E-state index contributed by atoms with van der Waals surface area (Å²) in [7, 11) is 0. The standard InChI is InChI=1S/C8H7NO2S/c10-8(11)5-7-9-3-1-6(12-7)2-4-9/h1-3H,4-5H2/p+1. The molecule has 0 saturated heterocycles. The zero-order valence-corrected chi connectivity index (χ0v) is 7.17. The Morgan fingerprint density at radius 1 is 1.75 bits per heavy atom. The van der Waals surface area contributed by atoms with Gasteiger partial charge in [0.15, 0.2) is 12.7 Å². The number of aliphatic carboxylic acids is 1. The van der Waals surface area contributed by atoms with Crippen LogP contribution in [0.15, 0.2) is 23.3 Å². The van der Waals surface area contributed by atoms with E-state index in [4.69, 9.17) is 5.11 Å². The smallest absolute Gasteiger partial charge is 0.314 e. The summed E-state index contributed by atoms with van der Waals surface area (Å²) in [6.07, 6.45) is 6.16. The summed E-state index contributed by atoms with van der Waals surface area (Å²) in [5.41, 5.74) is 0. The van der Waals surface area contributed by atoms with E-state index >= 15 is 0 Å². The Bertz CT molecular complexity index is 328. The lowest BCUT2D eigenvalue weighted by Crippen LogP contribution is -2.23. The third-order valence-electron chi connectivity index (χ3n) is 1.77. The van der Waals surface area contributed by atoms with Gasteiger partial charge in [0, 0.05) is 11.0 Å². The Labute approximate surface area is 74.1 Å². The first kappa shape index (κ1) is 7.61. The van der Waals surface area contributed by atoms with Crippen LogP contribution >= 0.6 is 11.8 Å². The predicted molar refractivity (Wildman–Crippen MR) is 47.2 cm³/mol. The van der Waals surface area contributed by atoms with Crippen LogP contribution < -0.4 is 0 Å². The summed E-state index contributed by atoms with van der Waals surface area (Å²) in [6.45, 7) is 0.821. The van der Waals surface area contributed by atoms with Crippen LogP contribution in [0.25, 0.3) is 0 Å². The highest BCUT2D eigenvalue weighted by Crippen LogP contribution is 2.28. The molecule has 0 aromatic carbocycles. The van der Waals surface area contributed by atoms with Gasteiger partial charge in [-0.3, -0.25) is 4.79 Å². The van der Waals surface area contributed by atoms with Crippen molar-refractivity contribution in [1.29, 1.82) is 0 Å². The molecule has 0 fully saturated rings. The van der Waals surface area contributed by atoms with E-state index in [-0.39, 0.29) is 6.42 Å². The van der Waals surface area contributed by atoms with Gasteiger partial charge in [-0.25, -0.2) is 0 Å². The van der Waals surface area contributed by atoms with Crippen molar-refractivity contribution in [2.24, 2.45) is 0 Å². The monoisotopic (exact) mass is 182 g/mol. The number of rotatable bonds is 2. The van der Waals surface area contributed by atoms with Gasteiger partial charge < -0.3 is 5.11 Å². The minimum Gasteiger partial charge on any atom is -0.481 e. The maximum Gasteiger partial charge on any atom is 0.314 e. The highest BCUT2D eigenvalue weighted by molar-refractivity contribution is 8.17. The number of fused-ring (bicyclic) bond motifs is 2. The lowest BCUT2D eigenvalue weighted by molar-refractivity contribution is -0.445. The first-order valence-corrected chi connectivity index (χ1v) is 4.48. The molecule has 2 bridgehead atoms. The lowest BCUT2D eigenvalue weighted by Gasteiger charge is -2.13. The quantitative estimate of drug-likeness (QED) is 0.648. The molecule has 0 radical (unpaired) electrons. The maximum atomic E-state index is 10.4. The topological polar surface area (TPSA) is 40.3 Å². The van der Waals surface area contributed by atoms with Crippen molar-refractivity contribution in [3.8, 4) is 0 Å². The Balaban J connectivity index is 2.22. The van der Waals surface area contributed by atoms with Crippen LogP contribution in [0, 0.1) is 0 Å². The van der Waals surface area contributed by atoms with Crippen LogP contribution in [0.5, 0.6) is 0 Å². The van der Waals surface area contributed by atoms with E-state index in [0.29, 0.717) is 0 Å². The van der Waals surface area contributed by atoms with Crippen molar-refractivity contribution in [3.05, 3.63) is 23.3 Å². The largest absolute Gasteiger partial charge is 0.481 e. The molecular formula is C8H8NO2S+. The van der Waals surface area contributed by atoms with Gasteiger partial charge in [-0.05, 0) is 17.8 Å². The van der Waals surface area contributed by atoms with E-state index < -0.39 is 5.97 Å². The van der Waals surface area contributed by atoms with Gasteiger partial charge in [-0.1, -0.05) is 0 Å². The molecule has 3 heterocycles. The van der Waals surface area contributed by atoms with Crippen molar-refractivity contribution in [2.45, 2.75) is 6.42 Å². The third kappa shape index (κ3) is 1.30. The number of hydrogen-bond acceptors (Lipinski definition) is 2. The number of carboxylic acids is 1. The second-order valence-corrected chi connectivity index (χ2v) is 3.79. The molecule has 0 unspecified atom stereocenters. The van der Waals surface area contributed by atoms with Crippen molar-refractivity contribution in [3.63, 3.8) is 0 Å². The van der Waals surface area contributed by atoms with Crippen LogP contribution in [-0.4, -0.2) is 27.2 Å². The number of carboxylic acid groups (broad SMARTS) is 1. The molecule has 3 nitrogen and oxygen atoms in total. The van der Waals surface area contributed by atoms with E-state index in [2.05, 4.69) is 6.08 Å². The van der Waals surface area contributed by atoms with Crippen molar-refractivity contribution in [2.75, 3.05) is 6.54 Å². The fourth-order valence-corrected chi connectivity index (χ4v) is 2.21. The third-order valence-corrected chi connectivity index (χ3v) is 2.92. The summed E-state index contributed by atoms with van der Waals surface area (Å²) in [5, 5.41) is 9.51. The number of thioether (sulfide) groups is 1. The van der Waals surface area contributed by atoms with Gasteiger partial charge in [-0.2, -0.15) is 4.58 Å². The molecule has 62 valence electrons. The van der Waals surface area contributed by atoms with Crippen molar-refractivity contribution < 1.29 is 14.5 Å². The summed E-state index contributed by atoms with van der Waals surface area (Å²) < 4.78 is 1.96.